The molecule has 2 amide bonds. The fourth-order valence-electron chi connectivity index (χ4n) is 3.49. The van der Waals surface area contributed by atoms with Crippen molar-refractivity contribution < 1.29 is 14.3 Å². The number of piperidine rings is 1. The van der Waals surface area contributed by atoms with E-state index in [4.69, 9.17) is 4.74 Å². The lowest BCUT2D eigenvalue weighted by Crippen LogP contribution is -2.46. The maximum atomic E-state index is 12.5. The number of hydrogen-bond acceptors (Lipinski definition) is 5. The maximum Gasteiger partial charge on any atom is 0.225 e. The van der Waals surface area contributed by atoms with Crippen LogP contribution in [0.3, 0.4) is 0 Å². The molecule has 0 aromatic carbocycles. The predicted molar refractivity (Wildman–Crippen MR) is 97.3 cm³/mol. The van der Waals surface area contributed by atoms with Gasteiger partial charge in [0.05, 0.1) is 19.1 Å². The zero-order valence-corrected chi connectivity index (χ0v) is 15.2. The number of amides is 2. The van der Waals surface area contributed by atoms with Gasteiger partial charge in [-0.1, -0.05) is 0 Å². The highest BCUT2D eigenvalue weighted by Gasteiger charge is 2.29. The minimum atomic E-state index is -0.113. The van der Waals surface area contributed by atoms with E-state index in [-0.39, 0.29) is 17.7 Å². The summed E-state index contributed by atoms with van der Waals surface area (Å²) >= 11 is 0. The Morgan fingerprint density at radius 1 is 1.23 bits per heavy atom. The first-order valence-corrected chi connectivity index (χ1v) is 9.47. The number of nitrogens with one attached hydrogen (secondary N) is 1. The first kappa shape index (κ1) is 18.8. The third kappa shape index (κ3) is 5.51. The summed E-state index contributed by atoms with van der Waals surface area (Å²) in [6.07, 6.45) is 5.48. The predicted octanol–water partition coefficient (Wildman–Crippen LogP) is 0.659. The van der Waals surface area contributed by atoms with E-state index in [1.165, 1.54) is 0 Å². The van der Waals surface area contributed by atoms with Crippen molar-refractivity contribution in [3.05, 3.63) is 30.1 Å². The molecule has 26 heavy (non-hydrogen) atoms. The molecule has 1 atom stereocenters. The maximum absolute atomic E-state index is 12.5. The van der Waals surface area contributed by atoms with E-state index in [2.05, 4.69) is 15.2 Å². The molecule has 1 aromatic heterocycles. The lowest BCUT2D eigenvalue weighted by molar-refractivity contribution is -0.138. The topological polar surface area (TPSA) is 74.8 Å². The molecular formula is C19H28N4O3. The summed E-state index contributed by atoms with van der Waals surface area (Å²) in [5.74, 6) is 0.0931. The van der Waals surface area contributed by atoms with Crippen molar-refractivity contribution in [2.45, 2.75) is 25.8 Å². The molecule has 1 aromatic rings. The second-order valence-corrected chi connectivity index (χ2v) is 6.96. The normalized spacial score (nSPS) is 21.6. The first-order valence-electron chi connectivity index (χ1n) is 9.47. The van der Waals surface area contributed by atoms with Crippen LogP contribution in [0.25, 0.3) is 0 Å². The van der Waals surface area contributed by atoms with Gasteiger partial charge >= 0.3 is 0 Å². The van der Waals surface area contributed by atoms with E-state index >= 15 is 0 Å². The van der Waals surface area contributed by atoms with Crippen LogP contribution in [-0.2, 0) is 20.9 Å². The Bertz CT molecular complexity index is 590. The van der Waals surface area contributed by atoms with Crippen molar-refractivity contribution in [1.82, 2.24) is 20.1 Å². The molecule has 7 heteroatoms. The van der Waals surface area contributed by atoms with E-state index in [1.807, 2.05) is 17.0 Å². The van der Waals surface area contributed by atoms with E-state index in [0.29, 0.717) is 25.9 Å². The Hall–Kier alpha value is -1.99. The fourth-order valence-corrected chi connectivity index (χ4v) is 3.49. The molecule has 2 aliphatic heterocycles. The fraction of sp³-hybridized carbons (Fsp3) is 0.632. The van der Waals surface area contributed by atoms with Crippen molar-refractivity contribution in [1.29, 1.82) is 0 Å². The molecule has 0 bridgehead atoms. The summed E-state index contributed by atoms with van der Waals surface area (Å²) in [6.45, 7) is 6.26. The van der Waals surface area contributed by atoms with E-state index in [1.54, 1.807) is 12.4 Å². The van der Waals surface area contributed by atoms with Crippen LogP contribution < -0.4 is 5.32 Å². The Kier molecular flexibility index (Phi) is 6.96. The third-order valence-electron chi connectivity index (χ3n) is 5.09. The Balaban J connectivity index is 1.41. The van der Waals surface area contributed by atoms with Crippen LogP contribution in [-0.4, -0.2) is 72.5 Å². The second kappa shape index (κ2) is 9.64. The number of ether oxygens (including phenoxy) is 1. The van der Waals surface area contributed by atoms with Gasteiger partial charge in [0, 0.05) is 58.1 Å². The molecule has 2 aliphatic rings. The number of rotatable bonds is 7. The van der Waals surface area contributed by atoms with Gasteiger partial charge < -0.3 is 15.0 Å². The number of carbonyl (C=O) groups excluding carboxylic acids is 2. The smallest absolute Gasteiger partial charge is 0.225 e. The van der Waals surface area contributed by atoms with Gasteiger partial charge in [-0.3, -0.25) is 19.5 Å². The molecule has 0 spiro atoms. The number of hydrogen-bond donors (Lipinski definition) is 1. The van der Waals surface area contributed by atoms with Crippen LogP contribution in [0.5, 0.6) is 0 Å². The van der Waals surface area contributed by atoms with Crippen LogP contribution in [0.4, 0.5) is 0 Å². The number of carbonyl (C=O) groups is 2. The lowest BCUT2D eigenvalue weighted by atomic mass is 9.96. The largest absolute Gasteiger partial charge is 0.379 e. The van der Waals surface area contributed by atoms with Gasteiger partial charge in [-0.05, 0) is 30.5 Å². The second-order valence-electron chi connectivity index (χ2n) is 6.96. The number of likely N-dealkylation sites (tertiary alicyclic amines) is 1. The number of aromatic nitrogens is 1. The Morgan fingerprint density at radius 3 is 2.77 bits per heavy atom. The molecule has 0 radical (unpaired) electrons. The molecule has 2 fully saturated rings. The van der Waals surface area contributed by atoms with Crippen LogP contribution in [0.2, 0.25) is 0 Å². The summed E-state index contributed by atoms with van der Waals surface area (Å²) in [6, 6.07) is 3.78. The monoisotopic (exact) mass is 360 g/mol. The van der Waals surface area contributed by atoms with Gasteiger partial charge in [0.1, 0.15) is 0 Å². The molecular weight excluding hydrogens is 332 g/mol. The summed E-state index contributed by atoms with van der Waals surface area (Å²) in [5.41, 5.74) is 1.03. The highest BCUT2D eigenvalue weighted by molar-refractivity contribution is 5.83. The van der Waals surface area contributed by atoms with Gasteiger partial charge in [0.25, 0.3) is 0 Å². The highest BCUT2D eigenvalue weighted by atomic mass is 16.5. The average Bonchev–Trinajstić information content (AvgIpc) is 2.69. The van der Waals surface area contributed by atoms with Crippen LogP contribution >= 0.6 is 0 Å². The minimum absolute atomic E-state index is 0.0347. The van der Waals surface area contributed by atoms with Crippen molar-refractivity contribution in [2.24, 2.45) is 5.92 Å². The van der Waals surface area contributed by atoms with E-state index in [0.717, 1.165) is 51.4 Å². The first-order chi connectivity index (χ1) is 12.7. The molecule has 0 saturated carbocycles. The van der Waals surface area contributed by atoms with Gasteiger partial charge in [0.2, 0.25) is 11.8 Å². The van der Waals surface area contributed by atoms with E-state index < -0.39 is 0 Å². The molecule has 1 N–H and O–H groups in total. The van der Waals surface area contributed by atoms with Gasteiger partial charge in [-0.15, -0.1) is 0 Å². The minimum Gasteiger partial charge on any atom is -0.379 e. The SMILES string of the molecule is O=C(NCc1ccncc1)[C@@H]1CCC(=O)N(CCCN2CCOCC2)C1. The third-order valence-corrected chi connectivity index (χ3v) is 5.09. The van der Waals surface area contributed by atoms with Gasteiger partial charge in [-0.25, -0.2) is 0 Å². The zero-order chi connectivity index (χ0) is 18.2. The summed E-state index contributed by atoms with van der Waals surface area (Å²) in [5, 5.41) is 2.99. The van der Waals surface area contributed by atoms with Crippen molar-refractivity contribution >= 4 is 11.8 Å². The van der Waals surface area contributed by atoms with Crippen molar-refractivity contribution in [3.63, 3.8) is 0 Å². The number of nitrogens with zero attached hydrogens (tertiary/aromatic N) is 3. The summed E-state index contributed by atoms with van der Waals surface area (Å²) < 4.78 is 5.35. The molecule has 2 saturated heterocycles. The Morgan fingerprint density at radius 2 is 2.00 bits per heavy atom. The van der Waals surface area contributed by atoms with Crippen LogP contribution in [0.15, 0.2) is 24.5 Å². The molecule has 7 nitrogen and oxygen atoms in total. The zero-order valence-electron chi connectivity index (χ0n) is 15.2. The average molecular weight is 360 g/mol. The summed E-state index contributed by atoms with van der Waals surface area (Å²) in [4.78, 5) is 32.8. The quantitative estimate of drug-likeness (QED) is 0.773. The summed E-state index contributed by atoms with van der Waals surface area (Å²) in [7, 11) is 0. The molecule has 0 unspecified atom stereocenters. The van der Waals surface area contributed by atoms with Crippen molar-refractivity contribution in [2.75, 3.05) is 45.9 Å². The number of pyridine rings is 1. The van der Waals surface area contributed by atoms with Gasteiger partial charge in [-0.2, -0.15) is 0 Å². The molecule has 0 aliphatic carbocycles. The molecule has 3 heterocycles. The lowest BCUT2D eigenvalue weighted by Gasteiger charge is -2.33. The van der Waals surface area contributed by atoms with E-state index in [9.17, 15) is 9.59 Å². The Labute approximate surface area is 154 Å². The molecule has 142 valence electrons. The highest BCUT2D eigenvalue weighted by Crippen LogP contribution is 2.18. The van der Waals surface area contributed by atoms with Crippen LogP contribution in [0, 0.1) is 5.92 Å². The van der Waals surface area contributed by atoms with Gasteiger partial charge in [0.15, 0.2) is 0 Å². The van der Waals surface area contributed by atoms with Crippen molar-refractivity contribution in [3.8, 4) is 0 Å². The van der Waals surface area contributed by atoms with Crippen LogP contribution in [0.1, 0.15) is 24.8 Å². The number of morpholine rings is 1. The standard InChI is InChI=1S/C19H28N4O3/c24-18-3-2-17(19(25)21-14-16-4-6-20-7-5-16)15-23(18)9-1-8-22-10-12-26-13-11-22/h4-7,17H,1-3,8-15H2,(H,21,25)/t17-/m1/s1. The molecule has 3 rings (SSSR count).